The van der Waals surface area contributed by atoms with Crippen LogP contribution in [-0.2, 0) is 16.0 Å². The zero-order valence-electron chi connectivity index (χ0n) is 20.7. The van der Waals surface area contributed by atoms with Gasteiger partial charge in [-0.15, -0.1) is 12.4 Å². The molecule has 1 atom stereocenters. The van der Waals surface area contributed by atoms with Crippen molar-refractivity contribution in [3.05, 3.63) is 54.0 Å². The van der Waals surface area contributed by atoms with Crippen molar-refractivity contribution in [3.63, 3.8) is 0 Å². The van der Waals surface area contributed by atoms with Crippen LogP contribution in [0, 0.1) is 16.7 Å². The fraction of sp³-hybridized carbons (Fsp3) is 0.423. The summed E-state index contributed by atoms with van der Waals surface area (Å²) in [7, 11) is 0. The molecule has 206 valence electrons. The van der Waals surface area contributed by atoms with Crippen LogP contribution >= 0.6 is 12.4 Å². The number of benzene rings is 1. The van der Waals surface area contributed by atoms with Gasteiger partial charge in [0.05, 0.1) is 18.3 Å². The molecule has 1 saturated carbocycles. The van der Waals surface area contributed by atoms with Gasteiger partial charge in [-0.05, 0) is 50.8 Å². The number of nitrogens with two attached hydrogens (primary N) is 1. The van der Waals surface area contributed by atoms with E-state index in [2.05, 4.69) is 9.72 Å². The summed E-state index contributed by atoms with van der Waals surface area (Å²) in [6.07, 6.45) is 7.20. The fourth-order valence-electron chi connectivity index (χ4n) is 3.92. The van der Waals surface area contributed by atoms with Crippen molar-refractivity contribution in [3.8, 4) is 23.0 Å². The summed E-state index contributed by atoms with van der Waals surface area (Å²) in [6.45, 7) is 0.443. The number of carboxylic acid groups (broad SMARTS) is 2. The first-order chi connectivity index (χ1) is 17.4. The SMILES string of the molecule is CC(N)c1oc(-c2ccc(OC(F)F)c(OCC3CC3)c2)nc1CC1(C(=O)O)C=CC(C)(C(=O)O)C=C1.Cl. The number of alkyl halides is 2. The van der Waals surface area contributed by atoms with Crippen LogP contribution < -0.4 is 15.2 Å². The van der Waals surface area contributed by atoms with Crippen molar-refractivity contribution in [2.75, 3.05) is 6.61 Å². The quantitative estimate of drug-likeness (QED) is 0.326. The lowest BCUT2D eigenvalue weighted by atomic mass is 9.73. The van der Waals surface area contributed by atoms with Crippen LogP contribution in [0.15, 0.2) is 46.9 Å². The number of oxazole rings is 1. The summed E-state index contributed by atoms with van der Waals surface area (Å²) in [5.74, 6) is -1.61. The van der Waals surface area contributed by atoms with Crippen molar-refractivity contribution in [1.29, 1.82) is 0 Å². The van der Waals surface area contributed by atoms with E-state index in [9.17, 15) is 28.6 Å². The van der Waals surface area contributed by atoms with Crippen molar-refractivity contribution in [2.24, 2.45) is 22.5 Å². The summed E-state index contributed by atoms with van der Waals surface area (Å²) < 4.78 is 42.0. The van der Waals surface area contributed by atoms with Gasteiger partial charge in [-0.1, -0.05) is 24.3 Å². The van der Waals surface area contributed by atoms with Gasteiger partial charge >= 0.3 is 18.6 Å². The Morgan fingerprint density at radius 1 is 1.16 bits per heavy atom. The Kier molecular flexibility index (Phi) is 8.52. The molecule has 1 unspecified atom stereocenters. The fourth-order valence-corrected chi connectivity index (χ4v) is 3.92. The van der Waals surface area contributed by atoms with E-state index >= 15 is 0 Å². The highest BCUT2D eigenvalue weighted by molar-refractivity contribution is 5.85. The average Bonchev–Trinajstić information content (AvgIpc) is 3.57. The van der Waals surface area contributed by atoms with E-state index in [4.69, 9.17) is 14.9 Å². The third-order valence-electron chi connectivity index (χ3n) is 6.49. The number of rotatable bonds is 11. The van der Waals surface area contributed by atoms with Gasteiger partial charge < -0.3 is 29.8 Å². The lowest BCUT2D eigenvalue weighted by Gasteiger charge is -2.29. The Balaban J connectivity index is 0.00000400. The molecule has 4 N–H and O–H groups in total. The van der Waals surface area contributed by atoms with Gasteiger partial charge in [0.2, 0.25) is 5.89 Å². The highest BCUT2D eigenvalue weighted by Gasteiger charge is 2.42. The van der Waals surface area contributed by atoms with E-state index in [0.717, 1.165) is 12.8 Å². The predicted molar refractivity (Wildman–Crippen MR) is 134 cm³/mol. The van der Waals surface area contributed by atoms with Crippen molar-refractivity contribution >= 4 is 24.3 Å². The molecule has 0 aliphatic heterocycles. The Labute approximate surface area is 223 Å². The second-order valence-corrected chi connectivity index (χ2v) is 9.69. The van der Waals surface area contributed by atoms with E-state index in [1.54, 1.807) is 6.92 Å². The summed E-state index contributed by atoms with van der Waals surface area (Å²) in [5, 5.41) is 19.5. The molecule has 0 spiro atoms. The number of nitrogens with zero attached hydrogens (tertiary/aromatic N) is 1. The van der Waals surface area contributed by atoms with Crippen LogP contribution in [-0.4, -0.2) is 40.4 Å². The highest BCUT2D eigenvalue weighted by Crippen LogP contribution is 2.40. The monoisotopic (exact) mass is 554 g/mol. The molecule has 1 aromatic heterocycles. The maximum Gasteiger partial charge on any atom is 0.387 e. The van der Waals surface area contributed by atoms with Gasteiger partial charge in [0.15, 0.2) is 11.5 Å². The maximum atomic E-state index is 12.9. The molecule has 2 aliphatic carbocycles. The number of halogens is 3. The average molecular weight is 555 g/mol. The van der Waals surface area contributed by atoms with Gasteiger partial charge in [-0.3, -0.25) is 9.59 Å². The molecule has 0 saturated heterocycles. The van der Waals surface area contributed by atoms with Gasteiger partial charge in [0.25, 0.3) is 0 Å². The van der Waals surface area contributed by atoms with Crippen LogP contribution in [0.5, 0.6) is 11.5 Å². The topological polar surface area (TPSA) is 145 Å². The lowest BCUT2D eigenvalue weighted by Crippen LogP contribution is -2.35. The van der Waals surface area contributed by atoms with Crippen molar-refractivity contribution < 1.29 is 42.5 Å². The van der Waals surface area contributed by atoms with E-state index in [1.165, 1.54) is 49.4 Å². The van der Waals surface area contributed by atoms with Crippen molar-refractivity contribution in [1.82, 2.24) is 4.98 Å². The van der Waals surface area contributed by atoms with Gasteiger partial charge in [0.1, 0.15) is 16.6 Å². The maximum absolute atomic E-state index is 12.9. The molecule has 2 aliphatic rings. The summed E-state index contributed by atoms with van der Waals surface area (Å²) in [6, 6.07) is 3.65. The third kappa shape index (κ3) is 6.16. The molecular formula is C26H29ClF2N2O7. The van der Waals surface area contributed by atoms with E-state index in [1.807, 2.05) is 0 Å². The normalized spacial score (nSPS) is 23.1. The molecule has 4 rings (SSSR count). The van der Waals surface area contributed by atoms with E-state index in [-0.39, 0.29) is 47.7 Å². The molecule has 0 amide bonds. The zero-order valence-corrected chi connectivity index (χ0v) is 21.5. The minimum absolute atomic E-state index is 0. The first-order valence-electron chi connectivity index (χ1n) is 11.8. The standard InChI is InChI=1S/C26H28F2N2O7.ClH/c1-14(29)20-17(12-26(23(33)34)9-7-25(2,8-10-26)22(31)32)30-21(37-20)16-5-6-18(36-24(27)28)19(11-16)35-13-15-3-4-15;/h5-11,14-15,24H,3-4,12-13,29H2,1-2H3,(H,31,32)(H,33,34);1H. The molecule has 0 radical (unpaired) electrons. The Bertz CT molecular complexity index is 1240. The second kappa shape index (κ2) is 11.1. The number of hydrogen-bond acceptors (Lipinski definition) is 7. The first kappa shape index (κ1) is 29.1. The molecule has 9 nitrogen and oxygen atoms in total. The van der Waals surface area contributed by atoms with Gasteiger partial charge in [-0.2, -0.15) is 8.78 Å². The molecule has 0 bridgehead atoms. The summed E-state index contributed by atoms with van der Waals surface area (Å²) in [5.41, 5.74) is 3.85. The van der Waals surface area contributed by atoms with Crippen molar-refractivity contribution in [2.45, 2.75) is 45.8 Å². The minimum atomic E-state index is -3.03. The lowest BCUT2D eigenvalue weighted by molar-refractivity contribution is -0.145. The van der Waals surface area contributed by atoms with Crippen LogP contribution in [0.3, 0.4) is 0 Å². The van der Waals surface area contributed by atoms with E-state index in [0.29, 0.717) is 18.1 Å². The molecule has 38 heavy (non-hydrogen) atoms. The predicted octanol–water partition coefficient (Wildman–Crippen LogP) is 5.00. The summed E-state index contributed by atoms with van der Waals surface area (Å²) >= 11 is 0. The molecular weight excluding hydrogens is 526 g/mol. The number of aromatic nitrogens is 1. The molecule has 1 heterocycles. The molecule has 12 heteroatoms. The van der Waals surface area contributed by atoms with Gasteiger partial charge in [-0.25, -0.2) is 4.98 Å². The first-order valence-corrected chi connectivity index (χ1v) is 11.8. The number of hydrogen-bond donors (Lipinski definition) is 3. The minimum Gasteiger partial charge on any atom is -0.489 e. The number of carboxylic acids is 2. The number of carbonyl (C=O) groups is 2. The third-order valence-corrected chi connectivity index (χ3v) is 6.49. The molecule has 1 fully saturated rings. The molecule has 1 aromatic carbocycles. The Morgan fingerprint density at radius 3 is 2.34 bits per heavy atom. The van der Waals surface area contributed by atoms with Crippen LogP contribution in [0.4, 0.5) is 8.78 Å². The smallest absolute Gasteiger partial charge is 0.387 e. The zero-order chi connectivity index (χ0) is 27.0. The summed E-state index contributed by atoms with van der Waals surface area (Å²) in [4.78, 5) is 28.3. The number of ether oxygens (including phenoxy) is 2. The number of aliphatic carboxylic acids is 2. The second-order valence-electron chi connectivity index (χ2n) is 9.69. The largest absolute Gasteiger partial charge is 0.489 e. The van der Waals surface area contributed by atoms with Crippen LogP contribution in [0.1, 0.15) is 44.2 Å². The Morgan fingerprint density at radius 2 is 1.82 bits per heavy atom. The highest BCUT2D eigenvalue weighted by atomic mass is 35.5. The van der Waals surface area contributed by atoms with Crippen LogP contribution in [0.25, 0.3) is 11.5 Å². The Hall–Kier alpha value is -3.44. The van der Waals surface area contributed by atoms with Gasteiger partial charge in [0, 0.05) is 12.0 Å². The van der Waals surface area contributed by atoms with Crippen LogP contribution in [0.2, 0.25) is 0 Å². The van der Waals surface area contributed by atoms with E-state index < -0.39 is 35.4 Å². The molecule has 2 aromatic rings.